The van der Waals surface area contributed by atoms with Gasteiger partial charge in [0.15, 0.2) is 0 Å². The van der Waals surface area contributed by atoms with Gasteiger partial charge in [-0.3, -0.25) is 4.79 Å². The molecule has 0 unspecified atom stereocenters. The summed E-state index contributed by atoms with van der Waals surface area (Å²) in [5, 5.41) is 5.72. The van der Waals surface area contributed by atoms with E-state index in [1.165, 1.54) is 0 Å². The number of alkyl carbamates (subject to hydrolysis) is 1. The quantitative estimate of drug-likeness (QED) is 0.405. The lowest BCUT2D eigenvalue weighted by molar-refractivity contribution is -0.118. The molecule has 3 aromatic carbocycles. The summed E-state index contributed by atoms with van der Waals surface area (Å²) >= 11 is 2.25. The van der Waals surface area contributed by atoms with Crippen LogP contribution in [0.4, 0.5) is 10.5 Å². The smallest absolute Gasteiger partial charge is 0.408 e. The van der Waals surface area contributed by atoms with Crippen molar-refractivity contribution in [1.29, 1.82) is 0 Å². The number of carbonyl (C=O) groups is 2. The molecule has 31 heavy (non-hydrogen) atoms. The third kappa shape index (κ3) is 6.82. The number of carbonyl (C=O) groups excluding carboxylic acids is 2. The first kappa shape index (κ1) is 22.8. The van der Waals surface area contributed by atoms with Gasteiger partial charge in [-0.1, -0.05) is 60.7 Å². The van der Waals surface area contributed by atoms with Crippen LogP contribution in [0.5, 0.6) is 0 Å². The maximum Gasteiger partial charge on any atom is 0.408 e. The monoisotopic (exact) mass is 528 g/mol. The highest BCUT2D eigenvalue weighted by molar-refractivity contribution is 14.1. The second-order valence-electron chi connectivity index (χ2n) is 7.35. The van der Waals surface area contributed by atoms with Crippen LogP contribution in [0, 0.1) is 17.4 Å². The fraction of sp³-hybridized carbons (Fsp3) is 0.200. The zero-order chi connectivity index (χ0) is 22.2. The average molecular weight is 528 g/mol. The van der Waals surface area contributed by atoms with Crippen LogP contribution in [0.25, 0.3) is 0 Å². The van der Waals surface area contributed by atoms with Crippen molar-refractivity contribution >= 4 is 40.3 Å². The summed E-state index contributed by atoms with van der Waals surface area (Å²) in [6.45, 7) is 4.05. The molecule has 0 aliphatic heterocycles. The van der Waals surface area contributed by atoms with Crippen LogP contribution in [0.2, 0.25) is 0 Å². The summed E-state index contributed by atoms with van der Waals surface area (Å²) in [4.78, 5) is 25.6. The molecule has 6 heteroatoms. The Morgan fingerprint density at radius 2 is 1.45 bits per heavy atom. The number of halogens is 1. The number of aryl methyl sites for hydroxylation is 2. The van der Waals surface area contributed by atoms with E-state index in [1.807, 2.05) is 86.6 Å². The Morgan fingerprint density at radius 3 is 2.03 bits per heavy atom. The van der Waals surface area contributed by atoms with Gasteiger partial charge in [-0.05, 0) is 70.8 Å². The summed E-state index contributed by atoms with van der Waals surface area (Å²) in [6, 6.07) is 22.3. The van der Waals surface area contributed by atoms with E-state index >= 15 is 0 Å². The molecule has 0 aliphatic carbocycles. The van der Waals surface area contributed by atoms with Gasteiger partial charge < -0.3 is 15.4 Å². The SMILES string of the molecule is Cc1cc(I)cc(C)c1NC(=O)[C@@H](Cc1ccccc1)NC(=O)OCc1ccccc1. The molecule has 1 atom stereocenters. The van der Waals surface area contributed by atoms with Crippen molar-refractivity contribution in [3.63, 3.8) is 0 Å². The van der Waals surface area contributed by atoms with E-state index < -0.39 is 12.1 Å². The molecule has 5 nitrogen and oxygen atoms in total. The van der Waals surface area contributed by atoms with Crippen LogP contribution in [-0.4, -0.2) is 18.0 Å². The molecule has 0 radical (unpaired) electrons. The molecule has 0 aromatic heterocycles. The van der Waals surface area contributed by atoms with Crippen LogP contribution in [-0.2, 0) is 22.6 Å². The number of anilines is 1. The van der Waals surface area contributed by atoms with Crippen molar-refractivity contribution in [3.8, 4) is 0 Å². The van der Waals surface area contributed by atoms with Gasteiger partial charge in [-0.2, -0.15) is 0 Å². The van der Waals surface area contributed by atoms with Crippen molar-refractivity contribution in [3.05, 3.63) is 98.6 Å². The molecule has 2 N–H and O–H groups in total. The van der Waals surface area contributed by atoms with Gasteiger partial charge in [-0.15, -0.1) is 0 Å². The third-order valence-corrected chi connectivity index (χ3v) is 5.47. The lowest BCUT2D eigenvalue weighted by Gasteiger charge is -2.20. The summed E-state index contributed by atoms with van der Waals surface area (Å²) in [7, 11) is 0. The van der Waals surface area contributed by atoms with Crippen LogP contribution in [0.15, 0.2) is 72.8 Å². The highest BCUT2D eigenvalue weighted by Crippen LogP contribution is 2.23. The fourth-order valence-corrected chi connectivity index (χ4v) is 4.22. The lowest BCUT2D eigenvalue weighted by atomic mass is 10.0. The second kappa shape index (κ2) is 10.9. The second-order valence-corrected chi connectivity index (χ2v) is 8.60. The molecule has 0 saturated heterocycles. The lowest BCUT2D eigenvalue weighted by Crippen LogP contribution is -2.45. The molecule has 3 rings (SSSR count). The van der Waals surface area contributed by atoms with Crippen molar-refractivity contribution in [2.45, 2.75) is 32.9 Å². The number of ether oxygens (including phenoxy) is 1. The highest BCUT2D eigenvalue weighted by atomic mass is 127. The third-order valence-electron chi connectivity index (χ3n) is 4.85. The summed E-state index contributed by atoms with van der Waals surface area (Å²) in [5.74, 6) is -0.284. The molecular weight excluding hydrogens is 503 g/mol. The fourth-order valence-electron chi connectivity index (χ4n) is 3.28. The Hall–Kier alpha value is -2.87. The average Bonchev–Trinajstić information content (AvgIpc) is 2.75. The van der Waals surface area contributed by atoms with Crippen molar-refractivity contribution in [1.82, 2.24) is 5.32 Å². The Labute approximate surface area is 196 Å². The molecule has 0 heterocycles. The molecule has 3 aromatic rings. The van der Waals surface area contributed by atoms with Gasteiger partial charge in [0.2, 0.25) is 5.91 Å². The molecule has 0 fully saturated rings. The molecule has 0 aliphatic rings. The van der Waals surface area contributed by atoms with E-state index in [4.69, 9.17) is 4.74 Å². The molecule has 0 saturated carbocycles. The topological polar surface area (TPSA) is 67.4 Å². The van der Waals surface area contributed by atoms with Gasteiger partial charge in [0.25, 0.3) is 0 Å². The van der Waals surface area contributed by atoms with Gasteiger partial charge in [0.1, 0.15) is 12.6 Å². The number of amides is 2. The number of hydrogen-bond acceptors (Lipinski definition) is 3. The number of rotatable bonds is 7. The van der Waals surface area contributed by atoms with Crippen molar-refractivity contribution < 1.29 is 14.3 Å². The van der Waals surface area contributed by atoms with E-state index in [1.54, 1.807) is 0 Å². The van der Waals surface area contributed by atoms with E-state index in [2.05, 4.69) is 33.2 Å². The molecule has 2 amide bonds. The van der Waals surface area contributed by atoms with Gasteiger partial charge in [-0.25, -0.2) is 4.79 Å². The number of benzene rings is 3. The zero-order valence-electron chi connectivity index (χ0n) is 17.5. The van der Waals surface area contributed by atoms with Crippen molar-refractivity contribution in [2.75, 3.05) is 5.32 Å². The molecule has 0 spiro atoms. The Bertz CT molecular complexity index is 1020. The summed E-state index contributed by atoms with van der Waals surface area (Å²) < 4.78 is 6.43. The Morgan fingerprint density at radius 1 is 0.903 bits per heavy atom. The Balaban J connectivity index is 1.72. The first-order valence-electron chi connectivity index (χ1n) is 10.0. The van der Waals surface area contributed by atoms with E-state index in [9.17, 15) is 9.59 Å². The summed E-state index contributed by atoms with van der Waals surface area (Å²) in [5.41, 5.74) is 4.54. The van der Waals surface area contributed by atoms with Gasteiger partial charge >= 0.3 is 6.09 Å². The molecular formula is C25H25IN2O3. The predicted molar refractivity (Wildman–Crippen MR) is 131 cm³/mol. The van der Waals surface area contributed by atoms with Gasteiger partial charge in [0, 0.05) is 15.7 Å². The highest BCUT2D eigenvalue weighted by Gasteiger charge is 2.23. The number of hydrogen-bond donors (Lipinski definition) is 2. The Kier molecular flexibility index (Phi) is 8.06. The minimum atomic E-state index is -0.774. The minimum absolute atomic E-state index is 0.141. The zero-order valence-corrected chi connectivity index (χ0v) is 19.7. The minimum Gasteiger partial charge on any atom is -0.445 e. The predicted octanol–water partition coefficient (Wildman–Crippen LogP) is 5.38. The van der Waals surface area contributed by atoms with E-state index in [0.29, 0.717) is 6.42 Å². The number of nitrogens with one attached hydrogen (secondary N) is 2. The van der Waals surface area contributed by atoms with Crippen LogP contribution < -0.4 is 10.6 Å². The van der Waals surface area contributed by atoms with Crippen LogP contribution in [0.1, 0.15) is 22.3 Å². The van der Waals surface area contributed by atoms with E-state index in [-0.39, 0.29) is 12.5 Å². The van der Waals surface area contributed by atoms with Crippen LogP contribution >= 0.6 is 22.6 Å². The van der Waals surface area contributed by atoms with Crippen LogP contribution in [0.3, 0.4) is 0 Å². The molecule has 160 valence electrons. The normalized spacial score (nSPS) is 11.5. The summed E-state index contributed by atoms with van der Waals surface area (Å²) in [6.07, 6.45) is -0.272. The van der Waals surface area contributed by atoms with Crippen molar-refractivity contribution in [2.24, 2.45) is 0 Å². The first-order chi connectivity index (χ1) is 14.9. The molecule has 0 bridgehead atoms. The first-order valence-corrected chi connectivity index (χ1v) is 11.1. The maximum atomic E-state index is 13.1. The standard InChI is InChI=1S/C25H25IN2O3/c1-17-13-21(26)14-18(2)23(17)28-24(29)22(15-19-9-5-3-6-10-19)27-25(30)31-16-20-11-7-4-8-12-20/h3-14,22H,15-16H2,1-2H3,(H,27,30)(H,28,29)/t22-/m1/s1. The van der Waals surface area contributed by atoms with E-state index in [0.717, 1.165) is 31.5 Å². The largest absolute Gasteiger partial charge is 0.445 e. The maximum absolute atomic E-state index is 13.1. The van der Waals surface area contributed by atoms with Gasteiger partial charge in [0.05, 0.1) is 0 Å².